The molecule has 1 saturated heterocycles. The summed E-state index contributed by atoms with van der Waals surface area (Å²) in [6.07, 6.45) is 3.45. The highest BCUT2D eigenvalue weighted by Crippen LogP contribution is 2.26. The molecule has 6 nitrogen and oxygen atoms in total. The van der Waals surface area contributed by atoms with E-state index < -0.39 is 5.60 Å². The Hall–Kier alpha value is -2.81. The number of anilines is 1. The minimum Gasteiger partial charge on any atom is -0.443 e. The number of likely N-dealkylation sites (tertiary alicyclic amines) is 1. The second-order valence-electron chi connectivity index (χ2n) is 7.94. The van der Waals surface area contributed by atoms with Gasteiger partial charge in [0.1, 0.15) is 23.2 Å². The summed E-state index contributed by atoms with van der Waals surface area (Å²) in [6.45, 7) is 7.29. The Morgan fingerprint density at radius 1 is 1.43 bits per heavy atom. The Kier molecular flexibility index (Phi) is 6.03. The van der Waals surface area contributed by atoms with Gasteiger partial charge in [-0.05, 0) is 44.6 Å². The molecule has 1 aromatic heterocycles. The van der Waals surface area contributed by atoms with Crippen LogP contribution in [-0.2, 0) is 4.74 Å². The second kappa shape index (κ2) is 8.47. The predicted molar refractivity (Wildman–Crippen MR) is 110 cm³/mol. The zero-order valence-corrected chi connectivity index (χ0v) is 16.9. The number of hydrogen-bond acceptors (Lipinski definition) is 5. The number of nitrogens with one attached hydrogen (secondary N) is 1. The van der Waals surface area contributed by atoms with Crippen LogP contribution in [0, 0.1) is 11.3 Å². The summed E-state index contributed by atoms with van der Waals surface area (Å²) >= 11 is 0. The normalized spacial score (nSPS) is 16.8. The first-order valence-corrected chi connectivity index (χ1v) is 9.97. The Labute approximate surface area is 166 Å². The van der Waals surface area contributed by atoms with E-state index in [1.165, 1.54) is 0 Å². The second-order valence-corrected chi connectivity index (χ2v) is 7.94. The molecule has 2 heterocycles. The fourth-order valence-corrected chi connectivity index (χ4v) is 3.84. The lowest BCUT2D eigenvalue weighted by molar-refractivity contribution is 0.00683. The van der Waals surface area contributed by atoms with Crippen LogP contribution in [-0.4, -0.2) is 40.7 Å². The Balaban J connectivity index is 1.71. The van der Waals surface area contributed by atoms with Gasteiger partial charge in [-0.15, -0.1) is 0 Å². The zero-order valence-electron chi connectivity index (χ0n) is 16.9. The first kappa shape index (κ1) is 19.9. The minimum atomic E-state index is -0.453. The van der Waals surface area contributed by atoms with Gasteiger partial charge in [0.15, 0.2) is 0 Å². The van der Waals surface area contributed by atoms with Crippen molar-refractivity contribution in [3.05, 3.63) is 36.0 Å². The molecule has 0 radical (unpaired) electrons. The first-order valence-electron chi connectivity index (χ1n) is 9.97. The molecular formula is C22H28N4O2. The maximum Gasteiger partial charge on any atom is 0.410 e. The SMILES string of the molecule is CCCC(C)(C)OC(=O)N1CCC[C@H]1CNc1nc(C#N)cc2ccccc12. The van der Waals surface area contributed by atoms with Crippen molar-refractivity contribution < 1.29 is 9.53 Å². The van der Waals surface area contributed by atoms with E-state index in [1.807, 2.05) is 43.0 Å². The van der Waals surface area contributed by atoms with Crippen molar-refractivity contribution in [3.63, 3.8) is 0 Å². The standard InChI is InChI=1S/C22H28N4O2/c1-4-11-22(2,3)28-21(27)26-12-7-9-18(26)15-24-20-19-10-6-5-8-16(19)13-17(14-23)25-20/h5-6,8,10,13,18H,4,7,9,11-12,15H2,1-3H3,(H,24,25)/t18-/m0/s1. The molecule has 0 unspecified atom stereocenters. The zero-order chi connectivity index (χ0) is 20.1. The average molecular weight is 380 g/mol. The molecule has 0 saturated carbocycles. The van der Waals surface area contributed by atoms with Crippen molar-refractivity contribution in [1.29, 1.82) is 5.26 Å². The van der Waals surface area contributed by atoms with Crippen molar-refractivity contribution in [2.45, 2.75) is 58.1 Å². The summed E-state index contributed by atoms with van der Waals surface area (Å²) in [5.74, 6) is 0.682. The van der Waals surface area contributed by atoms with E-state index in [9.17, 15) is 10.1 Å². The highest BCUT2D eigenvalue weighted by molar-refractivity contribution is 5.92. The van der Waals surface area contributed by atoms with Crippen molar-refractivity contribution in [1.82, 2.24) is 9.88 Å². The molecule has 1 aromatic carbocycles. The summed E-state index contributed by atoms with van der Waals surface area (Å²) in [5.41, 5.74) is -0.0733. The smallest absolute Gasteiger partial charge is 0.410 e. The highest BCUT2D eigenvalue weighted by Gasteiger charge is 2.33. The molecule has 28 heavy (non-hydrogen) atoms. The summed E-state index contributed by atoms with van der Waals surface area (Å²) in [6, 6.07) is 11.8. The molecule has 148 valence electrons. The van der Waals surface area contributed by atoms with E-state index in [2.05, 4.69) is 23.3 Å². The Morgan fingerprint density at radius 2 is 2.21 bits per heavy atom. The fraction of sp³-hybridized carbons (Fsp3) is 0.500. The molecule has 1 atom stereocenters. The molecule has 6 heteroatoms. The molecule has 1 fully saturated rings. The van der Waals surface area contributed by atoms with E-state index in [0.717, 1.165) is 36.5 Å². The molecule has 0 spiro atoms. The number of pyridine rings is 1. The summed E-state index contributed by atoms with van der Waals surface area (Å²) in [5, 5.41) is 14.6. The number of rotatable bonds is 6. The number of ether oxygens (including phenoxy) is 1. The van der Waals surface area contributed by atoms with E-state index in [0.29, 0.717) is 24.6 Å². The van der Waals surface area contributed by atoms with Gasteiger partial charge in [0.05, 0.1) is 6.04 Å². The van der Waals surface area contributed by atoms with Gasteiger partial charge in [0.2, 0.25) is 0 Å². The number of nitrogens with zero attached hydrogens (tertiary/aromatic N) is 3. The third kappa shape index (κ3) is 4.53. The van der Waals surface area contributed by atoms with Gasteiger partial charge in [-0.1, -0.05) is 37.6 Å². The third-order valence-corrected chi connectivity index (χ3v) is 5.19. The van der Waals surface area contributed by atoms with Crippen LogP contribution in [0.15, 0.2) is 30.3 Å². The summed E-state index contributed by atoms with van der Waals surface area (Å²) < 4.78 is 5.75. The number of hydrogen-bond donors (Lipinski definition) is 1. The van der Waals surface area contributed by atoms with Gasteiger partial charge >= 0.3 is 6.09 Å². The maximum absolute atomic E-state index is 12.7. The Morgan fingerprint density at radius 3 is 2.96 bits per heavy atom. The van der Waals surface area contributed by atoms with Crippen molar-refractivity contribution >= 4 is 22.7 Å². The molecule has 1 aliphatic heterocycles. The van der Waals surface area contributed by atoms with Gasteiger partial charge in [0.25, 0.3) is 0 Å². The number of fused-ring (bicyclic) bond motifs is 1. The van der Waals surface area contributed by atoms with Crippen molar-refractivity contribution in [2.24, 2.45) is 0 Å². The van der Waals surface area contributed by atoms with E-state index in [1.54, 1.807) is 6.07 Å². The van der Waals surface area contributed by atoms with Gasteiger partial charge in [-0.3, -0.25) is 0 Å². The monoisotopic (exact) mass is 380 g/mol. The molecule has 2 aromatic rings. The molecule has 3 rings (SSSR count). The van der Waals surface area contributed by atoms with Crippen molar-refractivity contribution in [3.8, 4) is 6.07 Å². The van der Waals surface area contributed by atoms with Gasteiger partial charge in [-0.25, -0.2) is 9.78 Å². The lowest BCUT2D eigenvalue weighted by atomic mass is 10.0. The minimum absolute atomic E-state index is 0.0521. The first-order chi connectivity index (χ1) is 13.4. The molecule has 0 aliphatic carbocycles. The van der Waals surface area contributed by atoms with Crippen LogP contribution in [0.1, 0.15) is 52.1 Å². The molecule has 1 amide bonds. The van der Waals surface area contributed by atoms with Gasteiger partial charge < -0.3 is 15.0 Å². The van der Waals surface area contributed by atoms with Crippen LogP contribution in [0.3, 0.4) is 0 Å². The molecular weight excluding hydrogens is 352 g/mol. The topological polar surface area (TPSA) is 78.2 Å². The maximum atomic E-state index is 12.7. The largest absolute Gasteiger partial charge is 0.443 e. The summed E-state index contributed by atoms with van der Waals surface area (Å²) in [7, 11) is 0. The predicted octanol–water partition coefficient (Wildman–Crippen LogP) is 4.70. The number of aromatic nitrogens is 1. The van der Waals surface area contributed by atoms with Crippen LogP contribution >= 0.6 is 0 Å². The van der Waals surface area contributed by atoms with E-state index in [4.69, 9.17) is 4.74 Å². The van der Waals surface area contributed by atoms with Crippen molar-refractivity contribution in [2.75, 3.05) is 18.4 Å². The molecule has 1 aliphatic rings. The van der Waals surface area contributed by atoms with Gasteiger partial charge in [-0.2, -0.15) is 5.26 Å². The van der Waals surface area contributed by atoms with E-state index in [-0.39, 0.29) is 12.1 Å². The van der Waals surface area contributed by atoms with Crippen LogP contribution in [0.4, 0.5) is 10.6 Å². The quantitative estimate of drug-likeness (QED) is 0.786. The fourth-order valence-electron chi connectivity index (χ4n) is 3.84. The lowest BCUT2D eigenvalue weighted by Crippen LogP contribution is -2.43. The number of benzene rings is 1. The van der Waals surface area contributed by atoms with Crippen LogP contribution in [0.2, 0.25) is 0 Å². The van der Waals surface area contributed by atoms with E-state index >= 15 is 0 Å². The Bertz CT molecular complexity index is 888. The highest BCUT2D eigenvalue weighted by atomic mass is 16.6. The average Bonchev–Trinajstić information content (AvgIpc) is 3.14. The number of carbonyl (C=O) groups excluding carboxylic acids is 1. The number of amides is 1. The number of nitriles is 1. The van der Waals surface area contributed by atoms with Crippen LogP contribution in [0.25, 0.3) is 10.8 Å². The molecule has 1 N–H and O–H groups in total. The molecule has 0 bridgehead atoms. The summed E-state index contributed by atoms with van der Waals surface area (Å²) in [4.78, 5) is 18.9. The number of carbonyl (C=O) groups is 1. The lowest BCUT2D eigenvalue weighted by Gasteiger charge is -2.31. The third-order valence-electron chi connectivity index (χ3n) is 5.19. The van der Waals surface area contributed by atoms with Gasteiger partial charge in [0, 0.05) is 18.5 Å². The van der Waals surface area contributed by atoms with Crippen LogP contribution < -0.4 is 5.32 Å². The van der Waals surface area contributed by atoms with Crippen LogP contribution in [0.5, 0.6) is 0 Å².